The number of allylic oxidation sites excluding steroid dienone is 4. The second-order valence-electron chi connectivity index (χ2n) is 2.17. The van der Waals surface area contributed by atoms with Crippen LogP contribution >= 0.6 is 0 Å². The molecule has 0 fully saturated rings. The Morgan fingerprint density at radius 1 is 1.70 bits per heavy atom. The first-order chi connectivity index (χ1) is 4.88. The molecule has 1 aliphatic carbocycles. The van der Waals surface area contributed by atoms with E-state index in [0.717, 1.165) is 12.0 Å². The minimum Gasteiger partial charge on any atom is -0.115 e. The van der Waals surface area contributed by atoms with Gasteiger partial charge in [-0.1, -0.05) is 29.8 Å². The van der Waals surface area contributed by atoms with Crippen molar-refractivity contribution >= 4 is 14.3 Å². The molecule has 0 aromatic heterocycles. The van der Waals surface area contributed by atoms with Crippen LogP contribution in [0.3, 0.4) is 0 Å². The minimum atomic E-state index is 0.407. The van der Waals surface area contributed by atoms with Gasteiger partial charge in [0.05, 0.1) is 0 Å². The molecule has 0 aromatic carbocycles. The fourth-order valence-electron chi connectivity index (χ4n) is 0.990. The zero-order valence-corrected chi connectivity index (χ0v) is 7.25. The highest BCUT2D eigenvalue weighted by atomic mass is 28.2. The van der Waals surface area contributed by atoms with Crippen LogP contribution in [-0.2, 0) is 0 Å². The molecule has 10 heavy (non-hydrogen) atoms. The van der Waals surface area contributed by atoms with Gasteiger partial charge in [0.2, 0.25) is 0 Å². The third kappa shape index (κ3) is 1.34. The number of rotatable bonds is 0. The predicted octanol–water partition coefficient (Wildman–Crippen LogP) is 1.16. The van der Waals surface area contributed by atoms with E-state index >= 15 is 0 Å². The van der Waals surface area contributed by atoms with Gasteiger partial charge in [0, 0.05) is 5.57 Å². The van der Waals surface area contributed by atoms with Crippen LogP contribution in [-0.4, -0.2) is 14.3 Å². The summed E-state index contributed by atoms with van der Waals surface area (Å²) in [4.78, 5) is 0. The molecule has 0 amide bonds. The van der Waals surface area contributed by atoms with E-state index in [9.17, 15) is 0 Å². The van der Waals surface area contributed by atoms with E-state index < -0.39 is 0 Å². The average Bonchev–Trinajstić information content (AvgIpc) is 2.04. The second-order valence-corrected chi connectivity index (χ2v) is 3.45. The van der Waals surface area contributed by atoms with E-state index in [2.05, 4.69) is 18.5 Å². The molecule has 0 saturated heterocycles. The Morgan fingerprint density at radius 3 is 3.00 bits per heavy atom. The molecule has 0 heterocycles. The lowest BCUT2D eigenvalue weighted by atomic mass is 10.1. The molecule has 1 aliphatic rings. The van der Waals surface area contributed by atoms with Crippen LogP contribution in [0, 0.1) is 12.3 Å². The smallest absolute Gasteiger partial charge is 0.0227 e. The van der Waals surface area contributed by atoms with Crippen molar-refractivity contribution in [1.82, 2.24) is 0 Å². The molecule has 0 unspecified atom stereocenters. The first kappa shape index (κ1) is 7.24. The van der Waals surface area contributed by atoms with Crippen LogP contribution in [0.4, 0.5) is 0 Å². The third-order valence-electron chi connectivity index (χ3n) is 1.59. The second kappa shape index (κ2) is 3.33. The summed E-state index contributed by atoms with van der Waals surface area (Å²) in [5.74, 6) is 2.70. The van der Waals surface area contributed by atoms with Gasteiger partial charge in [-0.25, -0.2) is 0 Å². The van der Waals surface area contributed by atoms with Crippen molar-refractivity contribution < 1.29 is 0 Å². The quantitative estimate of drug-likeness (QED) is 0.355. The molecule has 0 bridgehead atoms. The van der Waals surface area contributed by atoms with Crippen molar-refractivity contribution in [3.8, 4) is 12.3 Å². The van der Waals surface area contributed by atoms with Crippen molar-refractivity contribution in [2.45, 2.75) is 13.0 Å². The molecular weight excluding hydrogens is 136 g/mol. The van der Waals surface area contributed by atoms with Gasteiger partial charge in [-0.15, -0.1) is 6.42 Å². The van der Waals surface area contributed by atoms with E-state index in [4.69, 9.17) is 6.42 Å². The summed E-state index contributed by atoms with van der Waals surface area (Å²) in [6, 6.07) is 0. The maximum Gasteiger partial charge on any atom is 0.0227 e. The minimum absolute atomic E-state index is 0.407. The Hall–Kier alpha value is -0.873. The highest BCUT2D eigenvalue weighted by Gasteiger charge is 2.00. The Kier molecular flexibility index (Phi) is 2.41. The Balaban J connectivity index is 2.94. The standard InChI is InChI=1S/C9H10Si/c1-3-8-6-4-5-7-9(8)10-2/h1,4-6,10H,7H2,2H3. The molecule has 1 heteroatoms. The zero-order valence-electron chi connectivity index (χ0n) is 6.09. The van der Waals surface area contributed by atoms with Crippen molar-refractivity contribution in [3.63, 3.8) is 0 Å². The fraction of sp³-hybridized carbons (Fsp3) is 0.222. The lowest BCUT2D eigenvalue weighted by molar-refractivity contribution is 1.47. The fourth-order valence-corrected chi connectivity index (χ4v) is 1.85. The van der Waals surface area contributed by atoms with E-state index in [1.165, 1.54) is 5.17 Å². The molecule has 1 rings (SSSR count). The van der Waals surface area contributed by atoms with Gasteiger partial charge in [-0.3, -0.25) is 0 Å². The molecule has 50 valence electrons. The van der Waals surface area contributed by atoms with E-state index in [1.54, 1.807) is 0 Å². The maximum absolute atomic E-state index is 5.31. The van der Waals surface area contributed by atoms with Crippen molar-refractivity contribution in [2.75, 3.05) is 0 Å². The Bertz CT molecular complexity index is 248. The van der Waals surface area contributed by atoms with Crippen LogP contribution in [0.2, 0.25) is 6.55 Å². The van der Waals surface area contributed by atoms with Crippen molar-refractivity contribution in [1.29, 1.82) is 0 Å². The molecule has 0 nitrogen and oxygen atoms in total. The van der Waals surface area contributed by atoms with Gasteiger partial charge < -0.3 is 0 Å². The Morgan fingerprint density at radius 2 is 2.50 bits per heavy atom. The van der Waals surface area contributed by atoms with Crippen LogP contribution < -0.4 is 0 Å². The lowest BCUT2D eigenvalue weighted by Gasteiger charge is -2.05. The topological polar surface area (TPSA) is 0 Å². The molecular formula is C9H10Si. The first-order valence-electron chi connectivity index (χ1n) is 3.37. The summed E-state index contributed by atoms with van der Waals surface area (Å²) in [6.07, 6.45) is 12.6. The monoisotopic (exact) mass is 146 g/mol. The molecule has 0 radical (unpaired) electrons. The average molecular weight is 146 g/mol. The molecule has 0 aromatic rings. The predicted molar refractivity (Wildman–Crippen MR) is 48.7 cm³/mol. The molecule has 0 spiro atoms. The van der Waals surface area contributed by atoms with Crippen molar-refractivity contribution in [3.05, 3.63) is 23.8 Å². The van der Waals surface area contributed by atoms with E-state index in [-0.39, 0.29) is 0 Å². The highest BCUT2D eigenvalue weighted by Crippen LogP contribution is 2.05. The third-order valence-corrected chi connectivity index (χ3v) is 2.83. The van der Waals surface area contributed by atoms with Crippen LogP contribution in [0.15, 0.2) is 23.8 Å². The number of hydrogen-bond donors (Lipinski definition) is 0. The van der Waals surface area contributed by atoms with Gasteiger partial charge in [-0.05, 0) is 21.6 Å². The Labute approximate surface area is 64.1 Å². The summed E-state index contributed by atoms with van der Waals surface area (Å²) >= 11 is 0. The molecule has 0 saturated carbocycles. The first-order valence-corrected chi connectivity index (χ1v) is 5.10. The van der Waals surface area contributed by atoms with Gasteiger partial charge >= 0.3 is 0 Å². The summed E-state index contributed by atoms with van der Waals surface area (Å²) in [5.41, 5.74) is 1.11. The summed E-state index contributed by atoms with van der Waals surface area (Å²) in [6.45, 7) is 2.22. The van der Waals surface area contributed by atoms with Crippen LogP contribution in [0.1, 0.15) is 6.42 Å². The van der Waals surface area contributed by atoms with Gasteiger partial charge in [0.15, 0.2) is 0 Å². The molecule has 0 N–H and O–H groups in total. The lowest BCUT2D eigenvalue weighted by Crippen LogP contribution is -2.06. The van der Waals surface area contributed by atoms with Crippen LogP contribution in [0.25, 0.3) is 0 Å². The number of terminal acetylenes is 1. The molecule has 0 atom stereocenters. The summed E-state index contributed by atoms with van der Waals surface area (Å²) in [7, 11) is 0.407. The molecule has 0 aliphatic heterocycles. The van der Waals surface area contributed by atoms with E-state index in [1.807, 2.05) is 12.2 Å². The SMILES string of the molecule is C#CC1=CC=CCC1=[SiH]C. The zero-order chi connectivity index (χ0) is 7.40. The summed E-state index contributed by atoms with van der Waals surface area (Å²) < 4.78 is 0. The van der Waals surface area contributed by atoms with Crippen LogP contribution in [0.5, 0.6) is 0 Å². The highest BCUT2D eigenvalue weighted by molar-refractivity contribution is 6.58. The van der Waals surface area contributed by atoms with Gasteiger partial charge in [0.1, 0.15) is 0 Å². The summed E-state index contributed by atoms with van der Waals surface area (Å²) in [5, 5.41) is 1.46. The largest absolute Gasteiger partial charge is 0.115 e. The van der Waals surface area contributed by atoms with E-state index in [0.29, 0.717) is 9.13 Å². The van der Waals surface area contributed by atoms with Gasteiger partial charge in [0.25, 0.3) is 0 Å². The van der Waals surface area contributed by atoms with Crippen molar-refractivity contribution in [2.24, 2.45) is 0 Å². The normalized spacial score (nSPS) is 20.4. The number of hydrogen-bond acceptors (Lipinski definition) is 0. The maximum atomic E-state index is 5.31. The van der Waals surface area contributed by atoms with Gasteiger partial charge in [-0.2, -0.15) is 0 Å².